The van der Waals surface area contributed by atoms with Gasteiger partial charge in [-0.15, -0.1) is 0 Å². The number of amides is 1. The SMILES string of the molecule is CCOc1cc(/C=C(\C#N)C(=O)Nc2cccc(C(F)(F)F)c2)ccc1OC(C)C. The fourth-order valence-corrected chi connectivity index (χ4v) is 2.52. The molecule has 0 saturated carbocycles. The van der Waals surface area contributed by atoms with Gasteiger partial charge in [-0.25, -0.2) is 0 Å². The molecule has 0 aliphatic heterocycles. The van der Waals surface area contributed by atoms with E-state index in [0.717, 1.165) is 12.1 Å². The number of hydrogen-bond acceptors (Lipinski definition) is 4. The van der Waals surface area contributed by atoms with E-state index in [9.17, 15) is 23.2 Å². The van der Waals surface area contributed by atoms with E-state index in [-0.39, 0.29) is 17.4 Å². The minimum atomic E-state index is -4.54. The van der Waals surface area contributed by atoms with Crippen LogP contribution in [0.4, 0.5) is 18.9 Å². The Balaban J connectivity index is 2.27. The number of carbonyl (C=O) groups is 1. The maximum absolute atomic E-state index is 12.8. The number of ether oxygens (including phenoxy) is 2. The number of benzene rings is 2. The van der Waals surface area contributed by atoms with Gasteiger partial charge < -0.3 is 14.8 Å². The lowest BCUT2D eigenvalue weighted by molar-refractivity contribution is -0.137. The molecule has 0 atom stereocenters. The van der Waals surface area contributed by atoms with E-state index >= 15 is 0 Å². The minimum Gasteiger partial charge on any atom is -0.490 e. The molecule has 8 heteroatoms. The van der Waals surface area contributed by atoms with E-state index in [1.807, 2.05) is 20.8 Å². The van der Waals surface area contributed by atoms with E-state index in [1.54, 1.807) is 24.3 Å². The molecule has 0 saturated heterocycles. The number of nitrogens with zero attached hydrogens (tertiary/aromatic N) is 1. The van der Waals surface area contributed by atoms with Crippen LogP contribution in [0.1, 0.15) is 31.9 Å². The summed E-state index contributed by atoms with van der Waals surface area (Å²) in [5.74, 6) is 0.156. The zero-order valence-electron chi connectivity index (χ0n) is 16.7. The van der Waals surface area contributed by atoms with Gasteiger partial charge in [0.25, 0.3) is 5.91 Å². The molecule has 2 rings (SSSR count). The third kappa shape index (κ3) is 6.27. The smallest absolute Gasteiger partial charge is 0.416 e. The van der Waals surface area contributed by atoms with E-state index in [4.69, 9.17) is 9.47 Å². The van der Waals surface area contributed by atoms with Gasteiger partial charge in [0.2, 0.25) is 0 Å². The van der Waals surface area contributed by atoms with Crippen LogP contribution in [0, 0.1) is 11.3 Å². The van der Waals surface area contributed by atoms with Crippen molar-refractivity contribution in [3.05, 3.63) is 59.2 Å². The molecule has 2 aromatic rings. The first kappa shape index (κ1) is 22.8. The molecule has 0 aliphatic carbocycles. The van der Waals surface area contributed by atoms with Gasteiger partial charge in [-0.05, 0) is 62.7 Å². The molecule has 0 aromatic heterocycles. The summed E-state index contributed by atoms with van der Waals surface area (Å²) in [5.41, 5.74) is -0.728. The topological polar surface area (TPSA) is 71.3 Å². The van der Waals surface area contributed by atoms with Gasteiger partial charge in [-0.2, -0.15) is 18.4 Å². The normalized spacial score (nSPS) is 11.7. The van der Waals surface area contributed by atoms with Crippen LogP contribution in [0.2, 0.25) is 0 Å². The number of hydrogen-bond donors (Lipinski definition) is 1. The van der Waals surface area contributed by atoms with Crippen LogP contribution in [-0.4, -0.2) is 18.6 Å². The molecule has 158 valence electrons. The van der Waals surface area contributed by atoms with E-state index in [1.165, 1.54) is 18.2 Å². The quantitative estimate of drug-likeness (QED) is 0.480. The number of halogens is 3. The number of carbonyl (C=O) groups excluding carboxylic acids is 1. The van der Waals surface area contributed by atoms with Crippen molar-refractivity contribution in [3.8, 4) is 17.6 Å². The molecule has 0 radical (unpaired) electrons. The molecule has 5 nitrogen and oxygen atoms in total. The van der Waals surface area contributed by atoms with Gasteiger partial charge in [0.15, 0.2) is 11.5 Å². The van der Waals surface area contributed by atoms with Gasteiger partial charge >= 0.3 is 6.18 Å². The van der Waals surface area contributed by atoms with Crippen LogP contribution in [-0.2, 0) is 11.0 Å². The predicted molar refractivity (Wildman–Crippen MR) is 107 cm³/mol. The first-order chi connectivity index (χ1) is 14.1. The molecule has 1 amide bonds. The average molecular weight is 418 g/mol. The predicted octanol–water partition coefficient (Wildman–Crippen LogP) is 5.44. The zero-order chi connectivity index (χ0) is 22.3. The van der Waals surface area contributed by atoms with E-state index < -0.39 is 17.6 Å². The highest BCUT2D eigenvalue weighted by atomic mass is 19.4. The van der Waals surface area contributed by atoms with Gasteiger partial charge in [0.05, 0.1) is 18.3 Å². The molecular weight excluding hydrogens is 397 g/mol. The molecule has 2 aromatic carbocycles. The van der Waals surface area contributed by atoms with Crippen molar-refractivity contribution in [2.45, 2.75) is 33.1 Å². The third-order valence-electron chi connectivity index (χ3n) is 3.75. The Bertz CT molecular complexity index is 976. The highest BCUT2D eigenvalue weighted by Gasteiger charge is 2.30. The number of nitriles is 1. The molecule has 0 fully saturated rings. The third-order valence-corrected chi connectivity index (χ3v) is 3.75. The summed E-state index contributed by atoms with van der Waals surface area (Å²) in [4.78, 5) is 12.4. The largest absolute Gasteiger partial charge is 0.490 e. The van der Waals surface area contributed by atoms with Gasteiger partial charge in [0.1, 0.15) is 11.6 Å². The second-order valence-electron chi connectivity index (χ2n) is 6.51. The van der Waals surface area contributed by atoms with Crippen molar-refractivity contribution < 1.29 is 27.4 Å². The Labute approximate surface area is 172 Å². The molecular formula is C22H21F3N2O3. The summed E-state index contributed by atoms with van der Waals surface area (Å²) in [7, 11) is 0. The summed E-state index contributed by atoms with van der Waals surface area (Å²) in [6, 6.07) is 10.9. The van der Waals surface area contributed by atoms with Crippen molar-refractivity contribution in [2.24, 2.45) is 0 Å². The van der Waals surface area contributed by atoms with Crippen molar-refractivity contribution in [2.75, 3.05) is 11.9 Å². The summed E-state index contributed by atoms with van der Waals surface area (Å²) >= 11 is 0. The Hall–Kier alpha value is -3.47. The van der Waals surface area contributed by atoms with Crippen molar-refractivity contribution in [1.82, 2.24) is 0 Å². The van der Waals surface area contributed by atoms with Crippen LogP contribution >= 0.6 is 0 Å². The fraction of sp³-hybridized carbons (Fsp3) is 0.273. The summed E-state index contributed by atoms with van der Waals surface area (Å²) in [5, 5.41) is 11.7. The number of alkyl halides is 3. The number of nitrogens with one attached hydrogen (secondary N) is 1. The van der Waals surface area contributed by atoms with Crippen LogP contribution in [0.3, 0.4) is 0 Å². The van der Waals surface area contributed by atoms with Crippen molar-refractivity contribution in [3.63, 3.8) is 0 Å². The number of rotatable bonds is 7. The monoisotopic (exact) mass is 418 g/mol. The minimum absolute atomic E-state index is 0.0633. The highest BCUT2D eigenvalue weighted by Crippen LogP contribution is 2.31. The molecule has 0 bridgehead atoms. The zero-order valence-corrected chi connectivity index (χ0v) is 16.7. The molecule has 0 unspecified atom stereocenters. The Kier molecular flexibility index (Phi) is 7.48. The highest BCUT2D eigenvalue weighted by molar-refractivity contribution is 6.09. The molecule has 0 heterocycles. The Morgan fingerprint density at radius 2 is 1.93 bits per heavy atom. The standard InChI is InChI=1S/C22H21F3N2O3/c1-4-29-20-11-15(8-9-19(20)30-14(2)3)10-16(13-26)21(28)27-18-7-5-6-17(12-18)22(23,24)25/h5-12,14H,4H2,1-3H3,(H,27,28)/b16-10+. The number of anilines is 1. The molecule has 30 heavy (non-hydrogen) atoms. The van der Waals surface area contributed by atoms with Crippen molar-refractivity contribution in [1.29, 1.82) is 5.26 Å². The maximum atomic E-state index is 12.8. The second-order valence-corrected chi connectivity index (χ2v) is 6.51. The van der Waals surface area contributed by atoms with E-state index in [2.05, 4.69) is 5.32 Å². The molecule has 1 N–H and O–H groups in total. The van der Waals surface area contributed by atoms with Crippen LogP contribution in [0.15, 0.2) is 48.0 Å². The van der Waals surface area contributed by atoms with Crippen LogP contribution in [0.5, 0.6) is 11.5 Å². The molecule has 0 aliphatic rings. The van der Waals surface area contributed by atoms with Crippen molar-refractivity contribution >= 4 is 17.7 Å². The van der Waals surface area contributed by atoms with Crippen LogP contribution < -0.4 is 14.8 Å². The summed E-state index contributed by atoms with van der Waals surface area (Å²) in [6.45, 7) is 5.94. The summed E-state index contributed by atoms with van der Waals surface area (Å²) in [6.07, 6.45) is -3.28. The van der Waals surface area contributed by atoms with Crippen LogP contribution in [0.25, 0.3) is 6.08 Å². The first-order valence-corrected chi connectivity index (χ1v) is 9.18. The lowest BCUT2D eigenvalue weighted by Gasteiger charge is -2.15. The van der Waals surface area contributed by atoms with E-state index in [0.29, 0.717) is 23.7 Å². The Morgan fingerprint density at radius 3 is 2.53 bits per heavy atom. The lowest BCUT2D eigenvalue weighted by atomic mass is 10.1. The molecule has 0 spiro atoms. The van der Waals surface area contributed by atoms with Gasteiger partial charge in [0, 0.05) is 5.69 Å². The lowest BCUT2D eigenvalue weighted by Crippen LogP contribution is -2.14. The second kappa shape index (κ2) is 9.83. The maximum Gasteiger partial charge on any atom is 0.416 e. The fourth-order valence-electron chi connectivity index (χ4n) is 2.52. The first-order valence-electron chi connectivity index (χ1n) is 9.18. The van der Waals surface area contributed by atoms with Gasteiger partial charge in [-0.3, -0.25) is 4.79 Å². The summed E-state index contributed by atoms with van der Waals surface area (Å²) < 4.78 is 49.7. The average Bonchev–Trinajstić information content (AvgIpc) is 2.67. The van der Waals surface area contributed by atoms with Gasteiger partial charge in [-0.1, -0.05) is 12.1 Å². The Morgan fingerprint density at radius 1 is 1.20 bits per heavy atom.